The number of amides is 1. The molecule has 0 saturated carbocycles. The molecule has 0 radical (unpaired) electrons. The average Bonchev–Trinajstić information content (AvgIpc) is 3.16. The van der Waals surface area contributed by atoms with Crippen LogP contribution in [0, 0.1) is 6.92 Å². The molecular formula is C25H25N5O3. The van der Waals surface area contributed by atoms with E-state index in [1.807, 2.05) is 49.2 Å². The third kappa shape index (κ3) is 4.19. The maximum atomic E-state index is 12.3. The van der Waals surface area contributed by atoms with Crippen LogP contribution in [0.15, 0.2) is 48.8 Å². The molecule has 1 aliphatic heterocycles. The van der Waals surface area contributed by atoms with Crippen LogP contribution >= 0.6 is 0 Å². The highest BCUT2D eigenvalue weighted by molar-refractivity contribution is 5.92. The van der Waals surface area contributed by atoms with E-state index in [0.29, 0.717) is 13.0 Å². The second-order valence-electron chi connectivity index (χ2n) is 7.93. The van der Waals surface area contributed by atoms with E-state index in [1.165, 1.54) is 0 Å². The van der Waals surface area contributed by atoms with Gasteiger partial charge in [0, 0.05) is 41.6 Å². The van der Waals surface area contributed by atoms with Crippen molar-refractivity contribution in [3.05, 3.63) is 71.4 Å². The number of carboxylic acid groups (broad SMARTS) is 1. The molecule has 1 aromatic carbocycles. The van der Waals surface area contributed by atoms with Gasteiger partial charge < -0.3 is 10.0 Å². The molecule has 3 aromatic heterocycles. The molecule has 4 heterocycles. The van der Waals surface area contributed by atoms with Gasteiger partial charge in [-0.2, -0.15) is 5.10 Å². The van der Waals surface area contributed by atoms with Gasteiger partial charge in [0.1, 0.15) is 0 Å². The molecule has 0 atom stereocenters. The van der Waals surface area contributed by atoms with E-state index in [4.69, 9.17) is 20.0 Å². The molecule has 0 fully saturated rings. The van der Waals surface area contributed by atoms with Crippen LogP contribution in [0.3, 0.4) is 0 Å². The summed E-state index contributed by atoms with van der Waals surface area (Å²) in [4.78, 5) is 31.5. The normalized spacial score (nSPS) is 12.8. The number of aryl methyl sites for hydroxylation is 2. The quantitative estimate of drug-likeness (QED) is 0.486. The first-order chi connectivity index (χ1) is 16.0. The highest BCUT2D eigenvalue weighted by Crippen LogP contribution is 2.30. The van der Waals surface area contributed by atoms with Crippen molar-refractivity contribution in [2.45, 2.75) is 33.2 Å². The average molecular weight is 444 g/mol. The minimum absolute atomic E-state index is 0.146. The molecule has 168 valence electrons. The summed E-state index contributed by atoms with van der Waals surface area (Å²) in [7, 11) is 1.85. The SMILES string of the molecule is CCc1nn(-c2cccc3cc(-c4ccc(C)nc4)ncc23)c2c1CC(=O)N(C)C2.O=CO. The zero-order valence-corrected chi connectivity index (χ0v) is 18.8. The topological polar surface area (TPSA) is 101 Å². The van der Waals surface area contributed by atoms with Crippen molar-refractivity contribution in [1.29, 1.82) is 0 Å². The number of benzene rings is 1. The molecule has 8 nitrogen and oxygen atoms in total. The fourth-order valence-electron chi connectivity index (χ4n) is 4.10. The van der Waals surface area contributed by atoms with Crippen LogP contribution in [-0.4, -0.2) is 49.2 Å². The van der Waals surface area contributed by atoms with Crippen LogP contribution in [0.2, 0.25) is 0 Å². The first kappa shape index (κ1) is 22.1. The van der Waals surface area contributed by atoms with Crippen molar-refractivity contribution >= 4 is 23.2 Å². The zero-order chi connectivity index (χ0) is 23.5. The van der Waals surface area contributed by atoms with Gasteiger partial charge in [-0.15, -0.1) is 0 Å². The molecule has 8 heteroatoms. The number of carbonyl (C=O) groups excluding carboxylic acids is 1. The number of hydrogen-bond donors (Lipinski definition) is 1. The molecule has 0 unspecified atom stereocenters. The Morgan fingerprint density at radius 3 is 2.64 bits per heavy atom. The van der Waals surface area contributed by atoms with Gasteiger partial charge in [-0.1, -0.05) is 19.1 Å². The molecule has 0 saturated heterocycles. The molecule has 1 aliphatic rings. The van der Waals surface area contributed by atoms with E-state index in [0.717, 1.165) is 56.8 Å². The summed E-state index contributed by atoms with van der Waals surface area (Å²) in [5, 5.41) is 13.9. The maximum Gasteiger partial charge on any atom is 0.290 e. The molecule has 0 aliphatic carbocycles. The van der Waals surface area contributed by atoms with Crippen LogP contribution in [0.1, 0.15) is 29.6 Å². The molecule has 4 aromatic rings. The lowest BCUT2D eigenvalue weighted by Gasteiger charge is -2.24. The van der Waals surface area contributed by atoms with E-state index in [1.54, 1.807) is 4.90 Å². The lowest BCUT2D eigenvalue weighted by molar-refractivity contribution is -0.130. The number of carbonyl (C=O) groups is 2. The molecule has 1 amide bonds. The van der Waals surface area contributed by atoms with Gasteiger partial charge in [0.05, 0.1) is 35.7 Å². The number of rotatable bonds is 3. The van der Waals surface area contributed by atoms with E-state index in [2.05, 4.69) is 30.1 Å². The van der Waals surface area contributed by atoms with Gasteiger partial charge in [0.25, 0.3) is 6.47 Å². The van der Waals surface area contributed by atoms with Crippen LogP contribution < -0.4 is 0 Å². The van der Waals surface area contributed by atoms with E-state index >= 15 is 0 Å². The van der Waals surface area contributed by atoms with Crippen molar-refractivity contribution in [1.82, 2.24) is 24.6 Å². The molecule has 1 N–H and O–H groups in total. The Balaban J connectivity index is 0.000000821. The van der Waals surface area contributed by atoms with Crippen LogP contribution in [0.4, 0.5) is 0 Å². The Morgan fingerprint density at radius 1 is 1.15 bits per heavy atom. The number of likely N-dealkylation sites (N-methyl/N-ethyl adjacent to an activating group) is 1. The highest BCUT2D eigenvalue weighted by atomic mass is 16.3. The monoisotopic (exact) mass is 443 g/mol. The van der Waals surface area contributed by atoms with Gasteiger partial charge in [-0.05, 0) is 43.0 Å². The van der Waals surface area contributed by atoms with Crippen LogP contribution in [-0.2, 0) is 29.0 Å². The summed E-state index contributed by atoms with van der Waals surface area (Å²) < 4.78 is 2.01. The number of fused-ring (bicyclic) bond motifs is 2. The first-order valence-corrected chi connectivity index (χ1v) is 10.7. The third-order valence-electron chi connectivity index (χ3n) is 5.83. The third-order valence-corrected chi connectivity index (χ3v) is 5.83. The Labute approximate surface area is 191 Å². The van der Waals surface area contributed by atoms with Crippen molar-refractivity contribution < 1.29 is 14.7 Å². The van der Waals surface area contributed by atoms with E-state index in [-0.39, 0.29) is 12.4 Å². The minimum atomic E-state index is -0.250. The highest BCUT2D eigenvalue weighted by Gasteiger charge is 2.28. The standard InChI is InChI=1S/C24H23N5O.CH2O2/c1-4-20-18-11-24(30)28(3)14-23(18)29(27-20)22-7-5-6-16-10-21(26-13-19(16)22)17-9-8-15(2)25-12-17;2-1-3/h5-10,12-13H,4,11,14H2,1-3H3;1H,(H,2,3). The van der Waals surface area contributed by atoms with Gasteiger partial charge in [0.2, 0.25) is 5.91 Å². The molecule has 0 bridgehead atoms. The number of pyridine rings is 2. The predicted octanol–water partition coefficient (Wildman–Crippen LogP) is 3.57. The zero-order valence-electron chi connectivity index (χ0n) is 18.8. The number of nitrogens with zero attached hydrogens (tertiary/aromatic N) is 5. The lowest BCUT2D eigenvalue weighted by Crippen LogP contribution is -2.33. The largest absolute Gasteiger partial charge is 0.483 e. The minimum Gasteiger partial charge on any atom is -0.483 e. The molecule has 0 spiro atoms. The van der Waals surface area contributed by atoms with E-state index < -0.39 is 0 Å². The Kier molecular flexibility index (Phi) is 6.17. The van der Waals surface area contributed by atoms with Crippen LogP contribution in [0.25, 0.3) is 27.7 Å². The van der Waals surface area contributed by atoms with Crippen molar-refractivity contribution in [2.24, 2.45) is 0 Å². The van der Waals surface area contributed by atoms with E-state index in [9.17, 15) is 4.79 Å². The molecular weight excluding hydrogens is 418 g/mol. The van der Waals surface area contributed by atoms with Crippen LogP contribution in [0.5, 0.6) is 0 Å². The van der Waals surface area contributed by atoms with Gasteiger partial charge in [-0.3, -0.25) is 19.6 Å². The fraction of sp³-hybridized carbons (Fsp3) is 0.240. The Hall–Kier alpha value is -4.07. The lowest BCUT2D eigenvalue weighted by atomic mass is 10.0. The fourth-order valence-corrected chi connectivity index (χ4v) is 4.10. The summed E-state index contributed by atoms with van der Waals surface area (Å²) in [5.41, 5.74) is 7.04. The second-order valence-corrected chi connectivity index (χ2v) is 7.93. The second kappa shape index (κ2) is 9.20. The molecule has 5 rings (SSSR count). The number of hydrogen-bond acceptors (Lipinski definition) is 5. The number of aromatic nitrogens is 4. The van der Waals surface area contributed by atoms with Gasteiger partial charge in [0.15, 0.2) is 0 Å². The summed E-state index contributed by atoms with van der Waals surface area (Å²) in [6, 6.07) is 12.4. The Bertz CT molecular complexity index is 1330. The maximum absolute atomic E-state index is 12.3. The summed E-state index contributed by atoms with van der Waals surface area (Å²) in [5.74, 6) is 0.146. The molecule has 33 heavy (non-hydrogen) atoms. The smallest absolute Gasteiger partial charge is 0.290 e. The van der Waals surface area contributed by atoms with Crippen molar-refractivity contribution in [3.63, 3.8) is 0 Å². The summed E-state index contributed by atoms with van der Waals surface area (Å²) in [6.07, 6.45) is 5.00. The van der Waals surface area contributed by atoms with Gasteiger partial charge >= 0.3 is 0 Å². The summed E-state index contributed by atoms with van der Waals surface area (Å²) >= 11 is 0. The van der Waals surface area contributed by atoms with Crippen molar-refractivity contribution in [2.75, 3.05) is 7.05 Å². The van der Waals surface area contributed by atoms with Gasteiger partial charge in [-0.25, -0.2) is 4.68 Å². The first-order valence-electron chi connectivity index (χ1n) is 10.7. The summed E-state index contributed by atoms with van der Waals surface area (Å²) in [6.45, 7) is 4.38. The predicted molar refractivity (Wildman–Crippen MR) is 125 cm³/mol. The Morgan fingerprint density at radius 2 is 1.94 bits per heavy atom. The van der Waals surface area contributed by atoms with Crippen molar-refractivity contribution in [3.8, 4) is 16.9 Å².